The van der Waals surface area contributed by atoms with Crippen molar-refractivity contribution < 1.29 is 4.74 Å². The number of hydrogen-bond donors (Lipinski definition) is 1. The van der Waals surface area contributed by atoms with E-state index in [1.54, 1.807) is 7.11 Å². The molecule has 0 aliphatic heterocycles. The highest BCUT2D eigenvalue weighted by Crippen LogP contribution is 2.29. The van der Waals surface area contributed by atoms with Gasteiger partial charge >= 0.3 is 0 Å². The number of aromatic nitrogens is 2. The second-order valence-electron chi connectivity index (χ2n) is 5.29. The Morgan fingerprint density at radius 1 is 1.19 bits per heavy atom. The van der Waals surface area contributed by atoms with Crippen molar-refractivity contribution in [3.05, 3.63) is 35.5 Å². The first-order valence-electron chi connectivity index (χ1n) is 7.60. The van der Waals surface area contributed by atoms with Crippen LogP contribution in [0, 0.1) is 0 Å². The van der Waals surface area contributed by atoms with Crippen molar-refractivity contribution in [2.24, 2.45) is 0 Å². The summed E-state index contributed by atoms with van der Waals surface area (Å²) in [5.74, 6) is 2.62. The Morgan fingerprint density at radius 3 is 2.86 bits per heavy atom. The molecule has 3 rings (SSSR count). The van der Waals surface area contributed by atoms with E-state index in [0.717, 1.165) is 42.3 Å². The van der Waals surface area contributed by atoms with Crippen molar-refractivity contribution in [3.63, 3.8) is 0 Å². The fraction of sp³-hybridized carbons (Fsp3) is 0.412. The number of aryl methyl sites for hydroxylation is 1. The summed E-state index contributed by atoms with van der Waals surface area (Å²) in [6.45, 7) is 2.98. The Kier molecular flexibility index (Phi) is 4.04. The standard InChI is InChI=1S/C17H21N3O/c1-3-18-17-14-9-4-5-10-15(14)19-16(20-17)12-7-6-8-13(11-12)21-2/h6-8,11H,3-5,9-10H2,1-2H3,(H,18,19,20). The highest BCUT2D eigenvalue weighted by Gasteiger charge is 2.18. The second kappa shape index (κ2) is 6.12. The molecule has 0 radical (unpaired) electrons. The van der Waals surface area contributed by atoms with Crippen LogP contribution in [0.5, 0.6) is 5.75 Å². The zero-order valence-electron chi connectivity index (χ0n) is 12.6. The Balaban J connectivity index is 2.07. The van der Waals surface area contributed by atoms with E-state index in [-0.39, 0.29) is 0 Å². The molecule has 1 aliphatic carbocycles. The van der Waals surface area contributed by atoms with Gasteiger partial charge in [0.1, 0.15) is 11.6 Å². The molecule has 0 saturated carbocycles. The first kappa shape index (κ1) is 13.9. The highest BCUT2D eigenvalue weighted by atomic mass is 16.5. The Morgan fingerprint density at radius 2 is 2.05 bits per heavy atom. The van der Waals surface area contributed by atoms with Crippen molar-refractivity contribution in [1.82, 2.24) is 9.97 Å². The summed E-state index contributed by atoms with van der Waals surface area (Å²) in [6, 6.07) is 7.93. The minimum atomic E-state index is 0.783. The molecule has 0 unspecified atom stereocenters. The third-order valence-corrected chi connectivity index (χ3v) is 3.86. The van der Waals surface area contributed by atoms with Crippen molar-refractivity contribution in [2.45, 2.75) is 32.6 Å². The lowest BCUT2D eigenvalue weighted by molar-refractivity contribution is 0.415. The minimum Gasteiger partial charge on any atom is -0.497 e. The highest BCUT2D eigenvalue weighted by molar-refractivity contribution is 5.62. The monoisotopic (exact) mass is 283 g/mol. The first-order chi connectivity index (χ1) is 10.3. The first-order valence-corrected chi connectivity index (χ1v) is 7.60. The molecule has 0 saturated heterocycles. The molecular formula is C17H21N3O. The van der Waals surface area contributed by atoms with Gasteiger partial charge in [0.2, 0.25) is 0 Å². The lowest BCUT2D eigenvalue weighted by Crippen LogP contribution is -2.13. The van der Waals surface area contributed by atoms with E-state index < -0.39 is 0 Å². The van der Waals surface area contributed by atoms with Crippen molar-refractivity contribution in [3.8, 4) is 17.1 Å². The van der Waals surface area contributed by atoms with Gasteiger partial charge < -0.3 is 10.1 Å². The smallest absolute Gasteiger partial charge is 0.161 e. The van der Waals surface area contributed by atoms with Crippen LogP contribution < -0.4 is 10.1 Å². The largest absolute Gasteiger partial charge is 0.497 e. The van der Waals surface area contributed by atoms with Gasteiger partial charge in [0, 0.05) is 23.4 Å². The van der Waals surface area contributed by atoms with Crippen LogP contribution in [-0.4, -0.2) is 23.6 Å². The Labute approximate surface area is 125 Å². The van der Waals surface area contributed by atoms with Crippen LogP contribution in [0.1, 0.15) is 31.0 Å². The second-order valence-corrected chi connectivity index (χ2v) is 5.29. The lowest BCUT2D eigenvalue weighted by atomic mass is 9.96. The predicted molar refractivity (Wildman–Crippen MR) is 84.8 cm³/mol. The molecule has 1 aromatic carbocycles. The fourth-order valence-corrected chi connectivity index (χ4v) is 2.80. The summed E-state index contributed by atoms with van der Waals surface area (Å²) in [6.07, 6.45) is 4.57. The van der Waals surface area contributed by atoms with Gasteiger partial charge in [-0.25, -0.2) is 9.97 Å². The molecule has 0 amide bonds. The molecule has 0 atom stereocenters. The number of ether oxygens (including phenoxy) is 1. The predicted octanol–water partition coefficient (Wildman–Crippen LogP) is 3.46. The van der Waals surface area contributed by atoms with E-state index in [0.29, 0.717) is 0 Å². The average Bonchev–Trinajstić information content (AvgIpc) is 2.55. The topological polar surface area (TPSA) is 47.0 Å². The SMILES string of the molecule is CCNc1nc(-c2cccc(OC)c2)nc2c1CCCC2. The minimum absolute atomic E-state index is 0.783. The number of nitrogens with zero attached hydrogens (tertiary/aromatic N) is 2. The maximum absolute atomic E-state index is 5.30. The van der Waals surface area contributed by atoms with E-state index in [4.69, 9.17) is 14.7 Å². The van der Waals surface area contributed by atoms with Crippen LogP contribution in [0.25, 0.3) is 11.4 Å². The van der Waals surface area contributed by atoms with Crippen LogP contribution in [0.2, 0.25) is 0 Å². The third-order valence-electron chi connectivity index (χ3n) is 3.86. The molecule has 1 N–H and O–H groups in total. The van der Waals surface area contributed by atoms with E-state index in [9.17, 15) is 0 Å². The number of fused-ring (bicyclic) bond motifs is 1. The summed E-state index contributed by atoms with van der Waals surface area (Å²) < 4.78 is 5.30. The molecule has 2 aromatic rings. The normalized spacial score (nSPS) is 13.6. The fourth-order valence-electron chi connectivity index (χ4n) is 2.80. The van der Waals surface area contributed by atoms with Gasteiger partial charge in [0.15, 0.2) is 5.82 Å². The van der Waals surface area contributed by atoms with Gasteiger partial charge in [-0.2, -0.15) is 0 Å². The quantitative estimate of drug-likeness (QED) is 0.933. The number of anilines is 1. The van der Waals surface area contributed by atoms with E-state index >= 15 is 0 Å². The maximum atomic E-state index is 5.30. The Hall–Kier alpha value is -2.10. The number of methoxy groups -OCH3 is 1. The van der Waals surface area contributed by atoms with Gasteiger partial charge in [0.05, 0.1) is 7.11 Å². The van der Waals surface area contributed by atoms with Crippen LogP contribution in [0.3, 0.4) is 0 Å². The van der Waals surface area contributed by atoms with Crippen LogP contribution in [0.15, 0.2) is 24.3 Å². The number of benzene rings is 1. The molecule has 0 fully saturated rings. The lowest BCUT2D eigenvalue weighted by Gasteiger charge is -2.19. The van der Waals surface area contributed by atoms with Crippen molar-refractivity contribution >= 4 is 5.82 Å². The van der Waals surface area contributed by atoms with Gasteiger partial charge in [-0.1, -0.05) is 12.1 Å². The Bertz CT molecular complexity index is 640. The average molecular weight is 283 g/mol. The zero-order valence-corrected chi connectivity index (χ0v) is 12.6. The van der Waals surface area contributed by atoms with E-state index in [1.165, 1.54) is 24.1 Å². The molecule has 4 heteroatoms. The summed E-state index contributed by atoms with van der Waals surface area (Å²) in [5.41, 5.74) is 3.50. The van der Waals surface area contributed by atoms with Gasteiger partial charge in [-0.3, -0.25) is 0 Å². The molecule has 4 nitrogen and oxygen atoms in total. The molecule has 1 aromatic heterocycles. The van der Waals surface area contributed by atoms with Crippen LogP contribution >= 0.6 is 0 Å². The van der Waals surface area contributed by atoms with E-state index in [1.807, 2.05) is 24.3 Å². The number of hydrogen-bond acceptors (Lipinski definition) is 4. The molecule has 1 heterocycles. The summed E-state index contributed by atoms with van der Waals surface area (Å²) in [4.78, 5) is 9.54. The van der Waals surface area contributed by atoms with Crippen molar-refractivity contribution in [1.29, 1.82) is 0 Å². The number of rotatable bonds is 4. The van der Waals surface area contributed by atoms with Crippen molar-refractivity contribution in [2.75, 3.05) is 19.0 Å². The van der Waals surface area contributed by atoms with E-state index in [2.05, 4.69) is 12.2 Å². The molecule has 0 bridgehead atoms. The van der Waals surface area contributed by atoms with Gasteiger partial charge in [-0.15, -0.1) is 0 Å². The van der Waals surface area contributed by atoms with Crippen LogP contribution in [-0.2, 0) is 12.8 Å². The third kappa shape index (κ3) is 2.84. The zero-order chi connectivity index (χ0) is 14.7. The summed E-state index contributed by atoms with van der Waals surface area (Å²) >= 11 is 0. The van der Waals surface area contributed by atoms with Crippen LogP contribution in [0.4, 0.5) is 5.82 Å². The van der Waals surface area contributed by atoms with Gasteiger partial charge in [0.25, 0.3) is 0 Å². The molecule has 1 aliphatic rings. The summed E-state index contributed by atoms with van der Waals surface area (Å²) in [5, 5.41) is 3.39. The summed E-state index contributed by atoms with van der Waals surface area (Å²) in [7, 11) is 1.68. The maximum Gasteiger partial charge on any atom is 0.161 e. The number of nitrogens with one attached hydrogen (secondary N) is 1. The molecule has 0 spiro atoms. The molecule has 110 valence electrons. The molecule has 21 heavy (non-hydrogen) atoms. The molecular weight excluding hydrogens is 262 g/mol. The van der Waals surface area contributed by atoms with Gasteiger partial charge in [-0.05, 0) is 44.7 Å².